The van der Waals surface area contributed by atoms with Crippen molar-refractivity contribution in [3.05, 3.63) is 0 Å². The van der Waals surface area contributed by atoms with Crippen LogP contribution in [0.3, 0.4) is 0 Å². The fraction of sp³-hybridized carbons (Fsp3) is 0.909. The van der Waals surface area contributed by atoms with E-state index in [2.05, 4.69) is 0 Å². The summed E-state index contributed by atoms with van der Waals surface area (Å²) in [5.41, 5.74) is 11.3. The highest BCUT2D eigenvalue weighted by Crippen LogP contribution is 2.20. The first kappa shape index (κ1) is 11.5. The van der Waals surface area contributed by atoms with Gasteiger partial charge in [0.15, 0.2) is 0 Å². The molecule has 3 heteroatoms. The Hall–Kier alpha value is -0.570. The number of rotatable bonds is 1. The standard InChI is InChI=1S/C11H22N2O/c12-10-8-6-4-2-1-3-5-7-9(10)11(13)14/h9-10H,1-8,12H2,(H2,13,14). The first-order chi connectivity index (χ1) is 6.72. The molecule has 1 aliphatic rings. The van der Waals surface area contributed by atoms with Crippen molar-refractivity contribution < 1.29 is 4.79 Å². The summed E-state index contributed by atoms with van der Waals surface area (Å²) in [6.07, 6.45) is 9.15. The van der Waals surface area contributed by atoms with Crippen molar-refractivity contribution in [3.8, 4) is 0 Å². The maximum atomic E-state index is 11.2. The summed E-state index contributed by atoms with van der Waals surface area (Å²) in [7, 11) is 0. The van der Waals surface area contributed by atoms with Crippen molar-refractivity contribution in [1.82, 2.24) is 0 Å². The Labute approximate surface area is 86.2 Å². The Kier molecular flexibility index (Phi) is 4.94. The van der Waals surface area contributed by atoms with Gasteiger partial charge >= 0.3 is 0 Å². The third-order valence-electron chi connectivity index (χ3n) is 3.18. The molecule has 1 aliphatic carbocycles. The molecule has 1 amide bonds. The van der Waals surface area contributed by atoms with Gasteiger partial charge in [-0.25, -0.2) is 0 Å². The van der Waals surface area contributed by atoms with Crippen molar-refractivity contribution in [1.29, 1.82) is 0 Å². The maximum absolute atomic E-state index is 11.2. The highest BCUT2D eigenvalue weighted by Gasteiger charge is 2.22. The predicted octanol–water partition coefficient (Wildman–Crippen LogP) is 1.55. The highest BCUT2D eigenvalue weighted by atomic mass is 16.1. The maximum Gasteiger partial charge on any atom is 0.222 e. The molecule has 82 valence electrons. The lowest BCUT2D eigenvalue weighted by Crippen LogP contribution is -2.39. The number of nitrogens with two attached hydrogens (primary N) is 2. The molecule has 2 atom stereocenters. The Morgan fingerprint density at radius 1 is 0.929 bits per heavy atom. The summed E-state index contributed by atoms with van der Waals surface area (Å²) in [5, 5.41) is 0. The molecule has 0 aromatic carbocycles. The SMILES string of the molecule is NC(=O)C1CCCCCCCCC1N. The van der Waals surface area contributed by atoms with Gasteiger partial charge in [-0.05, 0) is 12.8 Å². The van der Waals surface area contributed by atoms with Gasteiger partial charge in [-0.3, -0.25) is 4.79 Å². The van der Waals surface area contributed by atoms with E-state index >= 15 is 0 Å². The molecule has 4 N–H and O–H groups in total. The molecular weight excluding hydrogens is 176 g/mol. The van der Waals surface area contributed by atoms with Gasteiger partial charge in [-0.15, -0.1) is 0 Å². The lowest BCUT2D eigenvalue weighted by Gasteiger charge is -2.22. The van der Waals surface area contributed by atoms with Crippen LogP contribution in [0.25, 0.3) is 0 Å². The van der Waals surface area contributed by atoms with Gasteiger partial charge in [0.25, 0.3) is 0 Å². The fourth-order valence-corrected chi connectivity index (χ4v) is 2.22. The van der Waals surface area contributed by atoms with Crippen LogP contribution in [0.5, 0.6) is 0 Å². The lowest BCUT2D eigenvalue weighted by atomic mass is 9.88. The van der Waals surface area contributed by atoms with Crippen LogP contribution < -0.4 is 11.5 Å². The van der Waals surface area contributed by atoms with Crippen LogP contribution in [-0.2, 0) is 4.79 Å². The summed E-state index contributed by atoms with van der Waals surface area (Å²) in [5.74, 6) is -0.300. The van der Waals surface area contributed by atoms with Crippen molar-refractivity contribution in [3.63, 3.8) is 0 Å². The lowest BCUT2D eigenvalue weighted by molar-refractivity contribution is -0.122. The van der Waals surface area contributed by atoms with Crippen LogP contribution in [0, 0.1) is 5.92 Å². The summed E-state index contributed by atoms with van der Waals surface area (Å²) < 4.78 is 0. The van der Waals surface area contributed by atoms with E-state index in [9.17, 15) is 4.79 Å². The zero-order chi connectivity index (χ0) is 10.4. The Morgan fingerprint density at radius 3 is 2.00 bits per heavy atom. The number of carbonyl (C=O) groups is 1. The molecule has 0 spiro atoms. The molecule has 0 saturated heterocycles. The fourth-order valence-electron chi connectivity index (χ4n) is 2.22. The first-order valence-corrected chi connectivity index (χ1v) is 5.76. The van der Waals surface area contributed by atoms with Crippen LogP contribution in [0.4, 0.5) is 0 Å². The van der Waals surface area contributed by atoms with E-state index < -0.39 is 0 Å². The summed E-state index contributed by atoms with van der Waals surface area (Å²) in [6.45, 7) is 0. The van der Waals surface area contributed by atoms with Crippen LogP contribution in [0.1, 0.15) is 51.4 Å². The number of hydrogen-bond donors (Lipinski definition) is 2. The van der Waals surface area contributed by atoms with Gasteiger partial charge in [0, 0.05) is 6.04 Å². The quantitative estimate of drug-likeness (QED) is 0.671. The smallest absolute Gasteiger partial charge is 0.222 e. The van der Waals surface area contributed by atoms with Crippen molar-refractivity contribution in [2.75, 3.05) is 0 Å². The Morgan fingerprint density at radius 2 is 1.43 bits per heavy atom. The van der Waals surface area contributed by atoms with Crippen LogP contribution in [0.15, 0.2) is 0 Å². The Balaban J connectivity index is 2.46. The van der Waals surface area contributed by atoms with Crippen molar-refractivity contribution in [2.24, 2.45) is 17.4 Å². The predicted molar refractivity (Wildman–Crippen MR) is 57.6 cm³/mol. The monoisotopic (exact) mass is 198 g/mol. The molecule has 1 fully saturated rings. The van der Waals surface area contributed by atoms with Crippen LogP contribution in [0.2, 0.25) is 0 Å². The zero-order valence-corrected chi connectivity index (χ0v) is 8.87. The van der Waals surface area contributed by atoms with E-state index in [1.165, 1.54) is 25.7 Å². The first-order valence-electron chi connectivity index (χ1n) is 5.76. The highest BCUT2D eigenvalue weighted by molar-refractivity contribution is 5.77. The average molecular weight is 198 g/mol. The Bertz CT molecular complexity index is 182. The molecule has 0 bridgehead atoms. The second-order valence-corrected chi connectivity index (χ2v) is 4.37. The number of primary amides is 1. The minimum absolute atomic E-state index is 0.00870. The minimum Gasteiger partial charge on any atom is -0.369 e. The van der Waals surface area contributed by atoms with E-state index in [0.717, 1.165) is 25.7 Å². The zero-order valence-electron chi connectivity index (χ0n) is 8.87. The van der Waals surface area contributed by atoms with E-state index in [1.807, 2.05) is 0 Å². The molecule has 3 nitrogen and oxygen atoms in total. The number of hydrogen-bond acceptors (Lipinski definition) is 2. The molecule has 0 aromatic heterocycles. The molecule has 1 saturated carbocycles. The normalized spacial score (nSPS) is 30.9. The van der Waals surface area contributed by atoms with Crippen molar-refractivity contribution in [2.45, 2.75) is 57.4 Å². The second kappa shape index (κ2) is 6.02. The topological polar surface area (TPSA) is 69.1 Å². The molecular formula is C11H22N2O. The van der Waals surface area contributed by atoms with E-state index in [1.54, 1.807) is 0 Å². The van der Waals surface area contributed by atoms with E-state index in [0.29, 0.717) is 0 Å². The largest absolute Gasteiger partial charge is 0.369 e. The molecule has 2 unspecified atom stereocenters. The molecule has 0 heterocycles. The summed E-state index contributed by atoms with van der Waals surface area (Å²) in [6, 6.07) is -0.00870. The van der Waals surface area contributed by atoms with E-state index in [4.69, 9.17) is 11.5 Å². The van der Waals surface area contributed by atoms with Gasteiger partial charge in [0.2, 0.25) is 5.91 Å². The van der Waals surface area contributed by atoms with Gasteiger partial charge in [0.1, 0.15) is 0 Å². The van der Waals surface area contributed by atoms with Crippen LogP contribution >= 0.6 is 0 Å². The van der Waals surface area contributed by atoms with Gasteiger partial charge in [0.05, 0.1) is 5.92 Å². The molecule has 14 heavy (non-hydrogen) atoms. The van der Waals surface area contributed by atoms with E-state index in [-0.39, 0.29) is 17.9 Å². The average Bonchev–Trinajstić information content (AvgIpc) is 2.15. The minimum atomic E-state index is -0.210. The van der Waals surface area contributed by atoms with Crippen LogP contribution in [-0.4, -0.2) is 11.9 Å². The summed E-state index contributed by atoms with van der Waals surface area (Å²) in [4.78, 5) is 11.2. The summed E-state index contributed by atoms with van der Waals surface area (Å²) >= 11 is 0. The number of amides is 1. The third kappa shape index (κ3) is 3.66. The molecule has 0 aromatic rings. The molecule has 0 radical (unpaired) electrons. The van der Waals surface area contributed by atoms with Crippen molar-refractivity contribution >= 4 is 5.91 Å². The molecule has 0 aliphatic heterocycles. The third-order valence-corrected chi connectivity index (χ3v) is 3.18. The van der Waals surface area contributed by atoms with Gasteiger partial charge in [-0.2, -0.15) is 0 Å². The second-order valence-electron chi connectivity index (χ2n) is 4.37. The molecule has 1 rings (SSSR count). The number of carbonyl (C=O) groups excluding carboxylic acids is 1. The van der Waals surface area contributed by atoms with Gasteiger partial charge < -0.3 is 11.5 Å². The van der Waals surface area contributed by atoms with Gasteiger partial charge in [-0.1, -0.05) is 38.5 Å².